The van der Waals surface area contributed by atoms with Gasteiger partial charge >= 0.3 is 12.3 Å². The monoisotopic (exact) mass is 329 g/mol. The van der Waals surface area contributed by atoms with E-state index in [1.54, 1.807) is 0 Å². The Hall–Kier alpha value is -1.87. The van der Waals surface area contributed by atoms with Crippen molar-refractivity contribution in [2.45, 2.75) is 25.1 Å². The summed E-state index contributed by atoms with van der Waals surface area (Å²) in [5.74, 6) is 4.91. The molecule has 1 amide bonds. The first-order valence-electron chi connectivity index (χ1n) is 6.62. The number of alkyl halides is 3. The summed E-state index contributed by atoms with van der Waals surface area (Å²) >= 11 is 5.80. The smallest absolute Gasteiger partial charge is 0.415 e. The van der Waals surface area contributed by atoms with E-state index in [4.69, 9.17) is 11.6 Å². The molecule has 3 rings (SSSR count). The first-order valence-corrected chi connectivity index (χ1v) is 7.00. The molecule has 3 atom stereocenters. The maximum absolute atomic E-state index is 13.7. The number of anilines is 1. The fourth-order valence-corrected chi connectivity index (χ4v) is 2.51. The molecule has 1 aromatic rings. The van der Waals surface area contributed by atoms with Gasteiger partial charge in [-0.2, -0.15) is 13.2 Å². The number of halogens is 4. The number of carbonyl (C=O) groups excluding carboxylic acids is 1. The second-order valence-electron chi connectivity index (χ2n) is 5.47. The predicted molar refractivity (Wildman–Crippen MR) is 74.3 cm³/mol. The van der Waals surface area contributed by atoms with Gasteiger partial charge in [-0.05, 0) is 36.5 Å². The number of benzene rings is 1. The molecule has 22 heavy (non-hydrogen) atoms. The largest absolute Gasteiger partial charge is 0.445 e. The van der Waals surface area contributed by atoms with E-state index in [9.17, 15) is 18.0 Å². The summed E-state index contributed by atoms with van der Waals surface area (Å²) in [6.07, 6.45) is -5.32. The predicted octanol–water partition coefficient (Wildman–Crippen LogP) is 4.32. The van der Waals surface area contributed by atoms with E-state index in [1.165, 1.54) is 12.1 Å². The summed E-state index contributed by atoms with van der Waals surface area (Å²) < 4.78 is 45.7. The summed E-state index contributed by atoms with van der Waals surface area (Å²) in [5.41, 5.74) is -3.29. The minimum absolute atomic E-state index is 0.00359. The molecule has 0 aromatic heterocycles. The molecule has 1 N–H and O–H groups in total. The van der Waals surface area contributed by atoms with E-state index in [-0.39, 0.29) is 28.1 Å². The highest BCUT2D eigenvalue weighted by atomic mass is 35.5. The van der Waals surface area contributed by atoms with Crippen molar-refractivity contribution in [1.82, 2.24) is 0 Å². The third-order valence-corrected chi connectivity index (χ3v) is 4.02. The van der Waals surface area contributed by atoms with Crippen LogP contribution in [0, 0.1) is 23.7 Å². The second kappa shape index (κ2) is 4.82. The zero-order valence-corrected chi connectivity index (χ0v) is 12.2. The molecule has 1 saturated carbocycles. The number of amides is 1. The van der Waals surface area contributed by atoms with E-state index < -0.39 is 17.9 Å². The molecule has 3 nitrogen and oxygen atoms in total. The number of hydrogen-bond donors (Lipinski definition) is 1. The SMILES string of the molecule is C[C@@H]1C[C@@H]1C#C[C@]1(C(F)(F)F)OC(=O)Nc2ccc(Cl)cc21. The quantitative estimate of drug-likeness (QED) is 0.720. The Morgan fingerprint density at radius 3 is 2.73 bits per heavy atom. The first-order chi connectivity index (χ1) is 10.2. The third kappa shape index (κ3) is 2.40. The summed E-state index contributed by atoms with van der Waals surface area (Å²) in [6.45, 7) is 1.90. The zero-order chi connectivity index (χ0) is 16.1. The van der Waals surface area contributed by atoms with Gasteiger partial charge in [-0.15, -0.1) is 0 Å². The van der Waals surface area contributed by atoms with Crippen LogP contribution < -0.4 is 5.32 Å². The van der Waals surface area contributed by atoms with Gasteiger partial charge in [0.15, 0.2) is 0 Å². The van der Waals surface area contributed by atoms with Crippen LogP contribution in [0.5, 0.6) is 0 Å². The summed E-state index contributed by atoms with van der Waals surface area (Å²) in [5, 5.41) is 2.34. The van der Waals surface area contributed by atoms with Gasteiger partial charge in [0, 0.05) is 16.5 Å². The molecule has 7 heteroatoms. The highest BCUT2D eigenvalue weighted by Gasteiger charge is 2.62. The van der Waals surface area contributed by atoms with Gasteiger partial charge < -0.3 is 4.74 Å². The molecule has 1 aromatic carbocycles. The Morgan fingerprint density at radius 2 is 2.14 bits per heavy atom. The van der Waals surface area contributed by atoms with E-state index in [0.717, 1.165) is 12.5 Å². The third-order valence-electron chi connectivity index (χ3n) is 3.79. The van der Waals surface area contributed by atoms with Crippen molar-refractivity contribution in [2.24, 2.45) is 11.8 Å². The highest BCUT2D eigenvalue weighted by Crippen LogP contribution is 2.48. The molecule has 1 aliphatic heterocycles. The average Bonchev–Trinajstić information content (AvgIpc) is 3.11. The molecule has 0 saturated heterocycles. The van der Waals surface area contributed by atoms with Crippen molar-refractivity contribution in [3.05, 3.63) is 28.8 Å². The van der Waals surface area contributed by atoms with Gasteiger partial charge in [-0.3, -0.25) is 5.32 Å². The minimum atomic E-state index is -4.88. The fourth-order valence-electron chi connectivity index (χ4n) is 2.34. The molecular weight excluding hydrogens is 319 g/mol. The van der Waals surface area contributed by atoms with Gasteiger partial charge in [0.2, 0.25) is 0 Å². The van der Waals surface area contributed by atoms with Crippen LogP contribution >= 0.6 is 11.6 Å². The lowest BCUT2D eigenvalue weighted by Gasteiger charge is -2.35. The van der Waals surface area contributed by atoms with E-state index >= 15 is 0 Å². The normalized spacial score (nSPS) is 29.6. The lowest BCUT2D eigenvalue weighted by atomic mass is 9.90. The Bertz CT molecular complexity index is 707. The molecule has 116 valence electrons. The standard InChI is InChI=1S/C15H11ClF3NO2/c1-8-6-9(8)4-5-14(15(17,18)19)11-7-10(16)2-3-12(11)20-13(21)22-14/h2-3,7-9H,6H2,1H3,(H,20,21)/t8-,9+,14+/m1/s1. The van der Waals surface area contributed by atoms with Gasteiger partial charge in [0.25, 0.3) is 5.60 Å². The lowest BCUT2D eigenvalue weighted by Crippen LogP contribution is -2.49. The molecule has 1 heterocycles. The lowest BCUT2D eigenvalue weighted by molar-refractivity contribution is -0.239. The first kappa shape index (κ1) is 15.0. The summed E-state index contributed by atoms with van der Waals surface area (Å²) in [7, 11) is 0. The van der Waals surface area contributed by atoms with Crippen LogP contribution in [-0.4, -0.2) is 12.3 Å². The molecular formula is C15H11ClF3NO2. The number of nitrogens with one attached hydrogen (secondary N) is 1. The van der Waals surface area contributed by atoms with Crippen LogP contribution in [0.15, 0.2) is 18.2 Å². The van der Waals surface area contributed by atoms with E-state index in [2.05, 4.69) is 21.9 Å². The molecule has 1 aliphatic carbocycles. The van der Waals surface area contributed by atoms with Crippen molar-refractivity contribution >= 4 is 23.4 Å². The zero-order valence-electron chi connectivity index (χ0n) is 11.4. The van der Waals surface area contributed by atoms with Crippen LogP contribution in [0.3, 0.4) is 0 Å². The van der Waals surface area contributed by atoms with E-state index in [1.807, 2.05) is 6.92 Å². The minimum Gasteiger partial charge on any atom is -0.415 e. The van der Waals surface area contributed by atoms with Crippen molar-refractivity contribution in [2.75, 3.05) is 5.32 Å². The topological polar surface area (TPSA) is 38.3 Å². The number of ether oxygens (including phenoxy) is 1. The second-order valence-corrected chi connectivity index (χ2v) is 5.91. The molecule has 2 aliphatic rings. The van der Waals surface area contributed by atoms with Gasteiger partial charge in [0.05, 0.1) is 5.69 Å². The van der Waals surface area contributed by atoms with Crippen molar-refractivity contribution in [3.8, 4) is 11.8 Å². The molecule has 0 unspecified atom stereocenters. The summed E-state index contributed by atoms with van der Waals surface area (Å²) in [4.78, 5) is 11.6. The Kier molecular flexibility index (Phi) is 3.29. The van der Waals surface area contributed by atoms with Gasteiger partial charge in [-0.25, -0.2) is 4.79 Å². The molecule has 1 fully saturated rings. The Labute approximate surface area is 129 Å². The maximum atomic E-state index is 13.7. The number of hydrogen-bond acceptors (Lipinski definition) is 2. The molecule has 0 radical (unpaired) electrons. The average molecular weight is 330 g/mol. The number of rotatable bonds is 0. The molecule has 0 spiro atoms. The Morgan fingerprint density at radius 1 is 1.45 bits per heavy atom. The fraction of sp³-hybridized carbons (Fsp3) is 0.400. The van der Waals surface area contributed by atoms with Crippen molar-refractivity contribution in [1.29, 1.82) is 0 Å². The number of carbonyl (C=O) groups is 1. The van der Waals surface area contributed by atoms with Crippen molar-refractivity contribution in [3.63, 3.8) is 0 Å². The van der Waals surface area contributed by atoms with Crippen LogP contribution in [0.2, 0.25) is 5.02 Å². The van der Waals surface area contributed by atoms with Gasteiger partial charge in [-0.1, -0.05) is 24.4 Å². The maximum Gasteiger partial charge on any atom is 0.445 e. The van der Waals surface area contributed by atoms with E-state index in [0.29, 0.717) is 0 Å². The van der Waals surface area contributed by atoms with Gasteiger partial charge in [0.1, 0.15) is 0 Å². The van der Waals surface area contributed by atoms with Crippen LogP contribution in [0.1, 0.15) is 18.9 Å². The highest BCUT2D eigenvalue weighted by molar-refractivity contribution is 6.30. The molecule has 0 bridgehead atoms. The van der Waals surface area contributed by atoms with Crippen LogP contribution in [-0.2, 0) is 10.3 Å². The Balaban J connectivity index is 2.18. The number of cyclic esters (lactones) is 1. The van der Waals surface area contributed by atoms with Crippen LogP contribution in [0.25, 0.3) is 0 Å². The number of fused-ring (bicyclic) bond motifs is 1. The van der Waals surface area contributed by atoms with Crippen LogP contribution in [0.4, 0.5) is 23.7 Å². The summed E-state index contributed by atoms with van der Waals surface area (Å²) in [6, 6.07) is 3.82. The van der Waals surface area contributed by atoms with Crippen molar-refractivity contribution < 1.29 is 22.7 Å².